The molecule has 5 nitrogen and oxygen atoms in total. The van der Waals surface area contributed by atoms with E-state index in [0.29, 0.717) is 5.75 Å². The van der Waals surface area contributed by atoms with E-state index >= 15 is 0 Å². The largest absolute Gasteiger partial charge is 0.496 e. The summed E-state index contributed by atoms with van der Waals surface area (Å²) in [6.45, 7) is 2.16. The number of methoxy groups -OCH3 is 1. The highest BCUT2D eigenvalue weighted by Crippen LogP contribution is 2.34. The zero-order valence-electron chi connectivity index (χ0n) is 13.6. The van der Waals surface area contributed by atoms with Gasteiger partial charge in [-0.3, -0.25) is 4.79 Å². The minimum absolute atomic E-state index is 0.144. The predicted molar refractivity (Wildman–Crippen MR) is 91.2 cm³/mol. The monoisotopic (exact) mass is 325 g/mol. The second-order valence-corrected chi connectivity index (χ2v) is 5.42. The molecule has 1 aliphatic rings. The molecule has 0 aromatic heterocycles. The summed E-state index contributed by atoms with van der Waals surface area (Å²) in [7, 11) is 1.61. The minimum atomic E-state index is -0.175. The summed E-state index contributed by atoms with van der Waals surface area (Å²) in [4.78, 5) is 12.1. The van der Waals surface area contributed by atoms with Gasteiger partial charge in [0.15, 0.2) is 11.5 Å². The molecule has 0 saturated carbocycles. The molecular formula is C19H19NO4. The Hall–Kier alpha value is -2.95. The van der Waals surface area contributed by atoms with Gasteiger partial charge in [-0.05, 0) is 36.8 Å². The fourth-order valence-electron chi connectivity index (χ4n) is 2.50. The van der Waals surface area contributed by atoms with Crippen molar-refractivity contribution in [1.29, 1.82) is 0 Å². The third kappa shape index (κ3) is 3.51. The van der Waals surface area contributed by atoms with Crippen LogP contribution in [0.2, 0.25) is 0 Å². The Bertz CT molecular complexity index is 770. The molecule has 1 amide bonds. The van der Waals surface area contributed by atoms with Crippen molar-refractivity contribution in [2.24, 2.45) is 0 Å². The highest BCUT2D eigenvalue weighted by atomic mass is 16.7. The lowest BCUT2D eigenvalue weighted by Crippen LogP contribution is -2.24. The fraction of sp³-hybridized carbons (Fsp3) is 0.211. The predicted octanol–water partition coefficient (Wildman–Crippen LogP) is 3.31. The standard InChI is InChI=1S/C19H19NO4/c1-13(15-7-9-17-18(11-15)24-12-23-17)20-19(21)10-8-14-5-3-4-6-16(14)22-2/h3-11,13H,12H2,1-2H3,(H,20,21)/b10-8+. The maximum atomic E-state index is 12.1. The number of para-hydroxylation sites is 1. The average molecular weight is 325 g/mol. The van der Waals surface area contributed by atoms with Gasteiger partial charge in [-0.15, -0.1) is 0 Å². The zero-order valence-corrected chi connectivity index (χ0v) is 13.6. The van der Waals surface area contributed by atoms with E-state index in [9.17, 15) is 4.79 Å². The van der Waals surface area contributed by atoms with Crippen molar-refractivity contribution in [1.82, 2.24) is 5.32 Å². The van der Waals surface area contributed by atoms with Crippen LogP contribution in [0, 0.1) is 0 Å². The Labute approximate surface area is 140 Å². The van der Waals surface area contributed by atoms with Gasteiger partial charge >= 0.3 is 0 Å². The van der Waals surface area contributed by atoms with Gasteiger partial charge in [0, 0.05) is 11.6 Å². The van der Waals surface area contributed by atoms with E-state index in [1.54, 1.807) is 13.2 Å². The maximum Gasteiger partial charge on any atom is 0.244 e. The number of rotatable bonds is 5. The highest BCUT2D eigenvalue weighted by Gasteiger charge is 2.16. The van der Waals surface area contributed by atoms with Crippen LogP contribution in [-0.4, -0.2) is 19.8 Å². The Balaban J connectivity index is 1.65. The second kappa shape index (κ2) is 7.08. The van der Waals surface area contributed by atoms with Gasteiger partial charge in [0.25, 0.3) is 0 Å². The fourth-order valence-corrected chi connectivity index (χ4v) is 2.50. The molecule has 3 rings (SSSR count). The molecule has 1 atom stereocenters. The molecule has 124 valence electrons. The van der Waals surface area contributed by atoms with Crippen LogP contribution in [0.5, 0.6) is 17.2 Å². The van der Waals surface area contributed by atoms with E-state index < -0.39 is 0 Å². The van der Waals surface area contributed by atoms with Crippen molar-refractivity contribution in [2.75, 3.05) is 13.9 Å². The average Bonchev–Trinajstić information content (AvgIpc) is 3.07. The molecule has 0 fully saturated rings. The smallest absolute Gasteiger partial charge is 0.244 e. The van der Waals surface area contributed by atoms with Crippen LogP contribution in [0.1, 0.15) is 24.1 Å². The molecule has 1 N–H and O–H groups in total. The first-order chi connectivity index (χ1) is 11.7. The van der Waals surface area contributed by atoms with Crippen molar-refractivity contribution in [2.45, 2.75) is 13.0 Å². The number of nitrogens with one attached hydrogen (secondary N) is 1. The van der Waals surface area contributed by atoms with E-state index in [0.717, 1.165) is 22.6 Å². The molecule has 1 unspecified atom stereocenters. The Kier molecular flexibility index (Phi) is 4.70. The normalized spacial score (nSPS) is 13.8. The van der Waals surface area contributed by atoms with Crippen LogP contribution >= 0.6 is 0 Å². The molecule has 1 heterocycles. The Morgan fingerprint density at radius 1 is 1.21 bits per heavy atom. The lowest BCUT2D eigenvalue weighted by molar-refractivity contribution is -0.117. The van der Waals surface area contributed by atoms with Crippen molar-refractivity contribution >= 4 is 12.0 Å². The van der Waals surface area contributed by atoms with Gasteiger partial charge in [-0.25, -0.2) is 0 Å². The van der Waals surface area contributed by atoms with Crippen molar-refractivity contribution < 1.29 is 19.0 Å². The molecule has 2 aromatic carbocycles. The maximum absolute atomic E-state index is 12.1. The summed E-state index contributed by atoms with van der Waals surface area (Å²) in [5.41, 5.74) is 1.81. The molecule has 0 radical (unpaired) electrons. The molecule has 1 aliphatic heterocycles. The number of hydrogen-bond donors (Lipinski definition) is 1. The summed E-state index contributed by atoms with van der Waals surface area (Å²) in [5, 5.41) is 2.93. The quantitative estimate of drug-likeness (QED) is 0.857. The third-order valence-corrected chi connectivity index (χ3v) is 3.81. The minimum Gasteiger partial charge on any atom is -0.496 e. The van der Waals surface area contributed by atoms with Crippen LogP contribution in [0.4, 0.5) is 0 Å². The zero-order chi connectivity index (χ0) is 16.9. The van der Waals surface area contributed by atoms with Crippen LogP contribution in [0.3, 0.4) is 0 Å². The third-order valence-electron chi connectivity index (χ3n) is 3.81. The number of fused-ring (bicyclic) bond motifs is 1. The first-order valence-electron chi connectivity index (χ1n) is 7.68. The summed E-state index contributed by atoms with van der Waals surface area (Å²) in [6, 6.07) is 13.0. The summed E-state index contributed by atoms with van der Waals surface area (Å²) in [6.07, 6.45) is 3.24. The molecule has 5 heteroatoms. The van der Waals surface area contributed by atoms with Crippen molar-refractivity contribution in [3.05, 3.63) is 59.7 Å². The highest BCUT2D eigenvalue weighted by molar-refractivity contribution is 5.92. The van der Waals surface area contributed by atoms with Crippen molar-refractivity contribution in [3.63, 3.8) is 0 Å². The summed E-state index contributed by atoms with van der Waals surface area (Å²) >= 11 is 0. The van der Waals surface area contributed by atoms with Crippen LogP contribution in [0.15, 0.2) is 48.5 Å². The molecule has 24 heavy (non-hydrogen) atoms. The van der Waals surface area contributed by atoms with E-state index in [-0.39, 0.29) is 18.7 Å². The van der Waals surface area contributed by atoms with Crippen LogP contribution in [-0.2, 0) is 4.79 Å². The SMILES string of the molecule is COc1ccccc1/C=C/C(=O)NC(C)c1ccc2c(c1)OCO2. The number of carbonyl (C=O) groups is 1. The van der Waals surface area contributed by atoms with E-state index in [1.165, 1.54) is 6.08 Å². The number of hydrogen-bond acceptors (Lipinski definition) is 4. The van der Waals surface area contributed by atoms with Gasteiger partial charge in [-0.2, -0.15) is 0 Å². The molecule has 0 aliphatic carbocycles. The Morgan fingerprint density at radius 2 is 2.00 bits per heavy atom. The van der Waals surface area contributed by atoms with Crippen molar-refractivity contribution in [3.8, 4) is 17.2 Å². The van der Waals surface area contributed by atoms with Gasteiger partial charge < -0.3 is 19.5 Å². The molecule has 0 bridgehead atoms. The molecule has 2 aromatic rings. The summed E-state index contributed by atoms with van der Waals surface area (Å²) < 4.78 is 15.9. The Morgan fingerprint density at radius 3 is 2.83 bits per heavy atom. The van der Waals surface area contributed by atoms with E-state index in [1.807, 2.05) is 49.4 Å². The van der Waals surface area contributed by atoms with Gasteiger partial charge in [0.2, 0.25) is 12.7 Å². The number of carbonyl (C=O) groups excluding carboxylic acids is 1. The molecule has 0 spiro atoms. The number of amides is 1. The van der Waals surface area contributed by atoms with E-state index in [2.05, 4.69) is 5.32 Å². The lowest BCUT2D eigenvalue weighted by Gasteiger charge is -2.13. The first-order valence-corrected chi connectivity index (χ1v) is 7.68. The number of benzene rings is 2. The van der Waals surface area contributed by atoms with Gasteiger partial charge in [0.1, 0.15) is 5.75 Å². The topological polar surface area (TPSA) is 56.8 Å². The molecule has 0 saturated heterocycles. The molecular weight excluding hydrogens is 306 g/mol. The second-order valence-electron chi connectivity index (χ2n) is 5.42. The number of ether oxygens (including phenoxy) is 3. The lowest BCUT2D eigenvalue weighted by atomic mass is 10.1. The van der Waals surface area contributed by atoms with Gasteiger partial charge in [-0.1, -0.05) is 24.3 Å². The summed E-state index contributed by atoms with van der Waals surface area (Å²) in [5.74, 6) is 1.99. The van der Waals surface area contributed by atoms with Crippen LogP contribution < -0.4 is 19.5 Å². The van der Waals surface area contributed by atoms with Crippen LogP contribution in [0.25, 0.3) is 6.08 Å². The van der Waals surface area contributed by atoms with Gasteiger partial charge in [0.05, 0.1) is 13.2 Å². The first kappa shape index (κ1) is 15.9. The van der Waals surface area contributed by atoms with E-state index in [4.69, 9.17) is 14.2 Å².